The number of amides is 1. The van der Waals surface area contributed by atoms with Gasteiger partial charge in [-0.15, -0.1) is 0 Å². The van der Waals surface area contributed by atoms with Crippen LogP contribution in [0.15, 0.2) is 65.8 Å². The zero-order valence-corrected chi connectivity index (χ0v) is 24.5. The highest BCUT2D eigenvalue weighted by atomic mass is 35.5. The molecule has 6 rings (SSSR count). The molecule has 3 aliphatic rings. The van der Waals surface area contributed by atoms with Gasteiger partial charge in [0.2, 0.25) is 0 Å². The molecule has 43 heavy (non-hydrogen) atoms. The van der Waals surface area contributed by atoms with Crippen LogP contribution in [0.3, 0.4) is 0 Å². The van der Waals surface area contributed by atoms with Crippen LogP contribution < -0.4 is 10.6 Å². The van der Waals surface area contributed by atoms with Crippen LogP contribution in [0.1, 0.15) is 41.7 Å². The Hall–Kier alpha value is -3.61. The number of carbonyl (C=O) groups excluding carboxylic acids is 1. The van der Waals surface area contributed by atoms with E-state index in [1.54, 1.807) is 12.4 Å². The van der Waals surface area contributed by atoms with E-state index in [4.69, 9.17) is 11.6 Å². The minimum atomic E-state index is -4.07. The van der Waals surface area contributed by atoms with Crippen molar-refractivity contribution in [3.05, 3.63) is 94.7 Å². The van der Waals surface area contributed by atoms with E-state index in [9.17, 15) is 31.5 Å². The van der Waals surface area contributed by atoms with E-state index in [1.165, 1.54) is 12.1 Å². The van der Waals surface area contributed by atoms with Gasteiger partial charge >= 0.3 is 0 Å². The normalized spacial score (nSPS) is 26.7. The summed E-state index contributed by atoms with van der Waals surface area (Å²) in [5.74, 6) is -6.21. The second-order valence-corrected chi connectivity index (χ2v) is 13.9. The average Bonchev–Trinajstić information content (AvgIpc) is 3.50. The lowest BCUT2D eigenvalue weighted by Crippen LogP contribution is -2.59. The Balaban J connectivity index is 1.22. The minimum absolute atomic E-state index is 0.0722. The summed E-state index contributed by atoms with van der Waals surface area (Å²) in [6, 6.07) is 10.5. The second kappa shape index (κ2) is 10.8. The van der Waals surface area contributed by atoms with E-state index in [-0.39, 0.29) is 45.8 Å². The summed E-state index contributed by atoms with van der Waals surface area (Å²) in [5, 5.41) is 16.5. The molecule has 2 aliphatic carbocycles. The number of hydrogen-bond acceptors (Lipinski definition) is 7. The van der Waals surface area contributed by atoms with E-state index in [0.29, 0.717) is 25.0 Å². The van der Waals surface area contributed by atoms with Crippen LogP contribution in [-0.4, -0.2) is 53.4 Å². The fourth-order valence-corrected chi connectivity index (χ4v) is 9.78. The van der Waals surface area contributed by atoms with Gasteiger partial charge in [0.05, 0.1) is 26.6 Å². The Kier molecular flexibility index (Phi) is 7.42. The molecule has 2 saturated carbocycles. The van der Waals surface area contributed by atoms with Crippen LogP contribution in [0.5, 0.6) is 0 Å². The molecule has 3 N–H and O–H groups in total. The van der Waals surface area contributed by atoms with Crippen molar-refractivity contribution < 1.29 is 31.5 Å². The molecule has 2 heterocycles. The predicted octanol–water partition coefficient (Wildman–Crippen LogP) is 4.96. The van der Waals surface area contributed by atoms with Gasteiger partial charge < -0.3 is 20.6 Å². The van der Waals surface area contributed by atoms with Gasteiger partial charge in [0.1, 0.15) is 11.8 Å². The Labute approximate surface area is 251 Å². The van der Waals surface area contributed by atoms with Crippen LogP contribution in [0.2, 0.25) is 5.02 Å². The molecule has 1 aromatic heterocycles. The van der Waals surface area contributed by atoms with E-state index in [0.717, 1.165) is 17.5 Å². The third kappa shape index (κ3) is 5.15. The number of benzene rings is 2. The number of halogens is 4. The van der Waals surface area contributed by atoms with Crippen LogP contribution in [0, 0.1) is 29.3 Å². The molecule has 3 unspecified atom stereocenters. The number of aromatic nitrogens is 1. The number of likely N-dealkylation sites (N-methyl/N-ethyl adjacent to an activating group) is 1. The van der Waals surface area contributed by atoms with Crippen molar-refractivity contribution in [3.8, 4) is 0 Å². The number of nitrogens with zero attached hydrogens (tertiary/aromatic N) is 2. The summed E-state index contributed by atoms with van der Waals surface area (Å²) < 4.78 is 68.7. The van der Waals surface area contributed by atoms with Gasteiger partial charge in [0.15, 0.2) is 27.3 Å². The topological polar surface area (TPSA) is 112 Å². The molecule has 2 bridgehead atoms. The highest BCUT2D eigenvalue weighted by molar-refractivity contribution is 7.92. The van der Waals surface area contributed by atoms with Gasteiger partial charge in [-0.3, -0.25) is 9.78 Å². The molecule has 8 nitrogen and oxygen atoms in total. The molecule has 0 spiro atoms. The van der Waals surface area contributed by atoms with E-state index in [2.05, 4.69) is 15.6 Å². The van der Waals surface area contributed by atoms with Gasteiger partial charge in [0, 0.05) is 42.8 Å². The number of pyridine rings is 1. The summed E-state index contributed by atoms with van der Waals surface area (Å²) in [6.45, 7) is 0. The first-order valence-corrected chi connectivity index (χ1v) is 15.6. The van der Waals surface area contributed by atoms with E-state index in [1.807, 2.05) is 30.1 Å². The lowest BCUT2D eigenvalue weighted by molar-refractivity contribution is -0.0732. The number of sulfone groups is 1. The minimum Gasteiger partial charge on any atom is -0.386 e. The van der Waals surface area contributed by atoms with E-state index >= 15 is 0 Å². The van der Waals surface area contributed by atoms with Gasteiger partial charge in [-0.25, -0.2) is 21.6 Å². The third-order valence-corrected chi connectivity index (χ3v) is 11.6. The first-order chi connectivity index (χ1) is 20.4. The molecule has 13 heteroatoms. The summed E-state index contributed by atoms with van der Waals surface area (Å²) in [5.41, 5.74) is -0.107. The highest BCUT2D eigenvalue weighted by Gasteiger charge is 2.58. The maximum Gasteiger partial charge on any atom is 0.255 e. The van der Waals surface area contributed by atoms with Crippen molar-refractivity contribution in [2.24, 2.45) is 11.8 Å². The summed E-state index contributed by atoms with van der Waals surface area (Å²) in [4.78, 5) is 19.0. The lowest BCUT2D eigenvalue weighted by Gasteiger charge is -2.46. The van der Waals surface area contributed by atoms with Crippen LogP contribution in [0.4, 0.5) is 18.9 Å². The van der Waals surface area contributed by atoms with Gasteiger partial charge in [-0.1, -0.05) is 17.7 Å². The zero-order chi connectivity index (χ0) is 30.7. The smallest absolute Gasteiger partial charge is 0.255 e. The Bertz CT molecular complexity index is 1700. The average molecular weight is 633 g/mol. The largest absolute Gasteiger partial charge is 0.386 e. The van der Waals surface area contributed by atoms with Crippen molar-refractivity contribution in [1.29, 1.82) is 0 Å². The molecule has 3 aromatic rings. The standard InChI is InChI=1S/C30H28ClF3N4O4S/c1-38-24(23-4-2-3-9-35-23)15-36-29(38)30(40)13-17-5-6-18(14-30)27(17)43(41,42)25-10-16(7-8-20(25)31)28(39)37-19-11-21(32)26(34)22(33)12-19/h2-4,7-12,15,17-18,27,29,36,40H,5-6,13-14H2,1H3,(H,37,39). The lowest BCUT2D eigenvalue weighted by atomic mass is 9.75. The van der Waals surface area contributed by atoms with Crippen molar-refractivity contribution in [1.82, 2.24) is 15.2 Å². The fourth-order valence-electron chi connectivity index (χ4n) is 6.93. The number of hydrogen-bond donors (Lipinski definition) is 3. The molecule has 1 aliphatic heterocycles. The van der Waals surface area contributed by atoms with Crippen molar-refractivity contribution in [2.45, 2.75) is 47.6 Å². The van der Waals surface area contributed by atoms with E-state index < -0.39 is 50.2 Å². The molecular weight excluding hydrogens is 605 g/mol. The monoisotopic (exact) mass is 632 g/mol. The quantitative estimate of drug-likeness (QED) is 0.330. The molecule has 2 fully saturated rings. The second-order valence-electron chi connectivity index (χ2n) is 11.4. The highest BCUT2D eigenvalue weighted by Crippen LogP contribution is 2.53. The Morgan fingerprint density at radius 3 is 2.40 bits per heavy atom. The molecule has 3 atom stereocenters. The maximum absolute atomic E-state index is 14.1. The molecule has 1 amide bonds. The van der Waals surface area contributed by atoms with Gasteiger partial charge in [-0.05, 0) is 67.9 Å². The predicted molar refractivity (Wildman–Crippen MR) is 154 cm³/mol. The first kappa shape index (κ1) is 29.5. The number of fused-ring (bicyclic) bond motifs is 2. The van der Waals surface area contributed by atoms with Crippen LogP contribution in [0.25, 0.3) is 5.70 Å². The third-order valence-electron chi connectivity index (χ3n) is 8.75. The molecule has 0 radical (unpaired) electrons. The van der Waals surface area contributed by atoms with Gasteiger partial charge in [-0.2, -0.15) is 0 Å². The Morgan fingerprint density at radius 2 is 1.77 bits per heavy atom. The Morgan fingerprint density at radius 1 is 1.09 bits per heavy atom. The first-order valence-electron chi connectivity index (χ1n) is 13.7. The molecule has 0 saturated heterocycles. The van der Waals surface area contributed by atoms with Crippen LogP contribution >= 0.6 is 11.6 Å². The number of nitrogens with one attached hydrogen (secondary N) is 2. The van der Waals surface area contributed by atoms with Crippen molar-refractivity contribution in [2.75, 3.05) is 12.4 Å². The SMILES string of the molecule is CN1C(c2ccccn2)=CNC1C1(O)CC2CCC(C1)C2S(=O)(=O)c1cc(C(=O)Nc2cc(F)c(F)c(F)c2)ccc1Cl. The molecular formula is C30H28ClF3N4O4S. The van der Waals surface area contributed by atoms with Gasteiger partial charge in [0.25, 0.3) is 5.91 Å². The fraction of sp³-hybridized carbons (Fsp3) is 0.333. The summed E-state index contributed by atoms with van der Waals surface area (Å²) in [7, 11) is -2.21. The number of anilines is 1. The molecule has 2 aromatic carbocycles. The summed E-state index contributed by atoms with van der Waals surface area (Å²) in [6.07, 6.45) is 4.69. The van der Waals surface area contributed by atoms with Crippen molar-refractivity contribution in [3.63, 3.8) is 0 Å². The number of rotatable bonds is 6. The van der Waals surface area contributed by atoms with Crippen LogP contribution in [-0.2, 0) is 9.84 Å². The molecule has 226 valence electrons. The summed E-state index contributed by atoms with van der Waals surface area (Å²) >= 11 is 6.36. The maximum atomic E-state index is 14.1. The number of carbonyl (C=O) groups is 1. The zero-order valence-electron chi connectivity index (χ0n) is 22.9. The van der Waals surface area contributed by atoms with Crippen molar-refractivity contribution >= 4 is 38.7 Å². The number of aliphatic hydroxyl groups is 1.